The minimum Gasteiger partial charge on any atom is -0.324 e. The van der Waals surface area contributed by atoms with Gasteiger partial charge in [0, 0.05) is 16.3 Å². The van der Waals surface area contributed by atoms with Crippen LogP contribution < -0.4 is 9.62 Å². The van der Waals surface area contributed by atoms with Gasteiger partial charge in [0.05, 0.1) is 11.9 Å². The Labute approximate surface area is 207 Å². The number of nitrogens with zero attached hydrogens (tertiary/aromatic N) is 1. The normalized spacial score (nSPS) is 12.3. The Balaban J connectivity index is 1.79. The number of amides is 1. The van der Waals surface area contributed by atoms with Crippen molar-refractivity contribution in [3.8, 4) is 0 Å². The highest BCUT2D eigenvalue weighted by atomic mass is 32.2. The summed E-state index contributed by atoms with van der Waals surface area (Å²) in [4.78, 5) is 14.5. The summed E-state index contributed by atoms with van der Waals surface area (Å²) in [6, 6.07) is 20.8. The molecule has 3 aromatic carbocycles. The fourth-order valence-corrected chi connectivity index (χ4v) is 5.84. The first-order valence-electron chi connectivity index (χ1n) is 11.2. The van der Waals surface area contributed by atoms with Gasteiger partial charge in [-0.3, -0.25) is 9.10 Å². The van der Waals surface area contributed by atoms with Gasteiger partial charge in [0.25, 0.3) is 0 Å². The van der Waals surface area contributed by atoms with E-state index in [0.29, 0.717) is 17.8 Å². The van der Waals surface area contributed by atoms with E-state index in [0.717, 1.165) is 34.3 Å². The monoisotopic (exact) mass is 496 g/mol. The van der Waals surface area contributed by atoms with Crippen LogP contribution in [-0.4, -0.2) is 26.6 Å². The molecule has 180 valence electrons. The summed E-state index contributed by atoms with van der Waals surface area (Å²) in [7, 11) is -3.68. The average molecular weight is 497 g/mol. The molecular weight excluding hydrogens is 464 g/mol. The van der Waals surface area contributed by atoms with E-state index in [1.54, 1.807) is 17.8 Å². The van der Waals surface area contributed by atoms with Crippen LogP contribution in [0.5, 0.6) is 0 Å². The molecule has 34 heavy (non-hydrogen) atoms. The van der Waals surface area contributed by atoms with E-state index >= 15 is 0 Å². The third-order valence-electron chi connectivity index (χ3n) is 5.77. The first-order valence-corrected chi connectivity index (χ1v) is 14.1. The van der Waals surface area contributed by atoms with Gasteiger partial charge in [-0.25, -0.2) is 8.42 Å². The summed E-state index contributed by atoms with van der Waals surface area (Å²) in [6.45, 7) is 7.67. The van der Waals surface area contributed by atoms with E-state index in [9.17, 15) is 13.2 Å². The lowest BCUT2D eigenvalue weighted by atomic mass is 10.1. The summed E-state index contributed by atoms with van der Waals surface area (Å²) < 4.78 is 26.7. The second-order valence-corrected chi connectivity index (χ2v) is 11.4. The molecule has 5 nitrogen and oxygen atoms in total. The molecule has 0 aliphatic rings. The Kier molecular flexibility index (Phi) is 8.44. The Morgan fingerprint density at radius 2 is 1.65 bits per heavy atom. The van der Waals surface area contributed by atoms with Crippen LogP contribution in [0.15, 0.2) is 71.6 Å². The highest BCUT2D eigenvalue weighted by Crippen LogP contribution is 2.28. The Morgan fingerprint density at radius 3 is 2.24 bits per heavy atom. The van der Waals surface area contributed by atoms with E-state index in [4.69, 9.17) is 0 Å². The fourth-order valence-electron chi connectivity index (χ4n) is 3.78. The van der Waals surface area contributed by atoms with E-state index < -0.39 is 16.1 Å². The standard InChI is InChI=1S/C27H32N2O3S2/c1-6-26(29(34(5,31)32)23-14-12-19(2)20(3)17-23)27(30)28-25-15-13-22(16-21(25)4)18-33-24-10-8-7-9-11-24/h7-17,26H,6,18H2,1-5H3,(H,28,30)/t26-/m1/s1. The van der Waals surface area contributed by atoms with Crippen LogP contribution in [0.3, 0.4) is 0 Å². The molecule has 0 aliphatic heterocycles. The molecule has 3 aromatic rings. The van der Waals surface area contributed by atoms with E-state index in [-0.39, 0.29) is 5.91 Å². The number of hydrogen-bond acceptors (Lipinski definition) is 4. The van der Waals surface area contributed by atoms with Crippen molar-refractivity contribution in [2.45, 2.75) is 50.8 Å². The van der Waals surface area contributed by atoms with Gasteiger partial charge in [0.2, 0.25) is 15.9 Å². The molecule has 0 unspecified atom stereocenters. The van der Waals surface area contributed by atoms with Gasteiger partial charge < -0.3 is 5.32 Å². The second kappa shape index (κ2) is 11.1. The molecule has 1 atom stereocenters. The molecule has 0 saturated heterocycles. The molecule has 1 amide bonds. The summed E-state index contributed by atoms with van der Waals surface area (Å²) in [5.74, 6) is 0.478. The third-order valence-corrected chi connectivity index (χ3v) is 8.04. The maximum atomic E-state index is 13.3. The minimum absolute atomic E-state index is 0.344. The smallest absolute Gasteiger partial charge is 0.248 e. The van der Waals surface area contributed by atoms with Gasteiger partial charge in [-0.15, -0.1) is 11.8 Å². The van der Waals surface area contributed by atoms with Gasteiger partial charge in [0.15, 0.2) is 0 Å². The molecule has 0 heterocycles. The maximum Gasteiger partial charge on any atom is 0.248 e. The van der Waals surface area contributed by atoms with Crippen LogP contribution in [0.4, 0.5) is 11.4 Å². The summed E-state index contributed by atoms with van der Waals surface area (Å²) in [5, 5.41) is 2.96. The first kappa shape index (κ1) is 25.8. The number of carbonyl (C=O) groups is 1. The van der Waals surface area contributed by atoms with E-state index in [2.05, 4.69) is 23.5 Å². The number of sulfonamides is 1. The second-order valence-electron chi connectivity index (χ2n) is 8.49. The van der Waals surface area contributed by atoms with Crippen LogP contribution in [0.1, 0.15) is 35.6 Å². The lowest BCUT2D eigenvalue weighted by molar-refractivity contribution is -0.117. The molecule has 7 heteroatoms. The number of thioether (sulfide) groups is 1. The molecule has 1 N–H and O–H groups in total. The first-order chi connectivity index (χ1) is 16.1. The minimum atomic E-state index is -3.68. The van der Waals surface area contributed by atoms with Crippen molar-refractivity contribution in [2.75, 3.05) is 15.9 Å². The van der Waals surface area contributed by atoms with Gasteiger partial charge >= 0.3 is 0 Å². The molecule has 0 aromatic heterocycles. The van der Waals surface area contributed by atoms with Crippen molar-refractivity contribution < 1.29 is 13.2 Å². The van der Waals surface area contributed by atoms with Gasteiger partial charge in [-0.2, -0.15) is 0 Å². The maximum absolute atomic E-state index is 13.3. The van der Waals surface area contributed by atoms with Crippen LogP contribution in [0.25, 0.3) is 0 Å². The van der Waals surface area contributed by atoms with Gasteiger partial charge in [-0.05, 0) is 79.8 Å². The number of rotatable bonds is 9. The highest BCUT2D eigenvalue weighted by Gasteiger charge is 2.32. The summed E-state index contributed by atoms with van der Waals surface area (Å²) in [5.41, 5.74) is 5.32. The molecule has 0 spiro atoms. The lowest BCUT2D eigenvalue weighted by Crippen LogP contribution is -2.47. The predicted octanol–water partition coefficient (Wildman–Crippen LogP) is 6.09. The Morgan fingerprint density at radius 1 is 0.941 bits per heavy atom. The topological polar surface area (TPSA) is 66.5 Å². The molecular formula is C27H32N2O3S2. The number of nitrogens with one attached hydrogen (secondary N) is 1. The molecule has 0 fully saturated rings. The highest BCUT2D eigenvalue weighted by molar-refractivity contribution is 7.98. The van der Waals surface area contributed by atoms with Crippen molar-refractivity contribution in [1.29, 1.82) is 0 Å². The number of aryl methyl sites for hydroxylation is 3. The Hall–Kier alpha value is -2.77. The fraction of sp³-hybridized carbons (Fsp3) is 0.296. The number of carbonyl (C=O) groups excluding carboxylic acids is 1. The van der Waals surface area contributed by atoms with Crippen molar-refractivity contribution >= 4 is 39.1 Å². The Bertz CT molecular complexity index is 1260. The quantitative estimate of drug-likeness (QED) is 0.364. The molecule has 0 saturated carbocycles. The van der Waals surface area contributed by atoms with Gasteiger partial charge in [0.1, 0.15) is 6.04 Å². The van der Waals surface area contributed by atoms with Crippen LogP contribution in [0.2, 0.25) is 0 Å². The lowest BCUT2D eigenvalue weighted by Gasteiger charge is -2.30. The molecule has 0 bridgehead atoms. The number of anilines is 2. The zero-order valence-electron chi connectivity index (χ0n) is 20.3. The zero-order chi connectivity index (χ0) is 24.9. The molecule has 0 radical (unpaired) electrons. The summed E-state index contributed by atoms with van der Waals surface area (Å²) >= 11 is 1.76. The van der Waals surface area contributed by atoms with Crippen molar-refractivity contribution in [1.82, 2.24) is 0 Å². The van der Waals surface area contributed by atoms with Crippen molar-refractivity contribution in [3.05, 3.63) is 89.0 Å². The molecule has 3 rings (SSSR count). The third kappa shape index (κ3) is 6.42. The molecule has 0 aliphatic carbocycles. The van der Waals surface area contributed by atoms with Crippen LogP contribution in [0, 0.1) is 20.8 Å². The van der Waals surface area contributed by atoms with Crippen LogP contribution >= 0.6 is 11.8 Å². The SMILES string of the molecule is CC[C@H](C(=O)Nc1ccc(CSc2ccccc2)cc1C)N(c1ccc(C)c(C)c1)S(C)(=O)=O. The van der Waals surface area contributed by atoms with E-state index in [1.165, 1.54) is 9.20 Å². The largest absolute Gasteiger partial charge is 0.324 e. The zero-order valence-corrected chi connectivity index (χ0v) is 22.0. The predicted molar refractivity (Wildman–Crippen MR) is 143 cm³/mol. The summed E-state index contributed by atoms with van der Waals surface area (Å²) in [6.07, 6.45) is 1.49. The van der Waals surface area contributed by atoms with Crippen LogP contribution in [-0.2, 0) is 20.6 Å². The van der Waals surface area contributed by atoms with Crippen molar-refractivity contribution in [3.63, 3.8) is 0 Å². The number of hydrogen-bond donors (Lipinski definition) is 1. The van der Waals surface area contributed by atoms with Gasteiger partial charge in [-0.1, -0.05) is 43.3 Å². The van der Waals surface area contributed by atoms with E-state index in [1.807, 2.05) is 70.2 Å². The average Bonchev–Trinajstić information content (AvgIpc) is 2.79. The van der Waals surface area contributed by atoms with Crippen molar-refractivity contribution in [2.24, 2.45) is 0 Å². The number of benzene rings is 3.